The van der Waals surface area contributed by atoms with Gasteiger partial charge in [0.05, 0.1) is 0 Å². The van der Waals surface area contributed by atoms with Gasteiger partial charge in [0.25, 0.3) is 0 Å². The molecule has 0 spiro atoms. The first-order valence-electron chi connectivity index (χ1n) is 7.47. The molecule has 0 aromatic rings. The zero-order chi connectivity index (χ0) is 13.7. The number of hydrogen-bond acceptors (Lipinski definition) is 1. The maximum atomic E-state index is 12.5. The fourth-order valence-corrected chi connectivity index (χ4v) is 9.76. The molecule has 1 nitrogen and oxygen atoms in total. The highest BCUT2D eigenvalue weighted by Crippen LogP contribution is 2.70. The van der Waals surface area contributed by atoms with Gasteiger partial charge in [-0.3, -0.25) is 4.79 Å². The van der Waals surface area contributed by atoms with Crippen molar-refractivity contribution in [3.05, 3.63) is 0 Å². The van der Waals surface area contributed by atoms with Gasteiger partial charge in [-0.15, -0.1) is 0 Å². The molecular formula is C16H29OP. The lowest BCUT2D eigenvalue weighted by atomic mass is 9.77. The molecule has 2 aliphatic rings. The van der Waals surface area contributed by atoms with Crippen LogP contribution in [0.1, 0.15) is 67.2 Å². The van der Waals surface area contributed by atoms with E-state index in [1.165, 1.54) is 19.3 Å². The topological polar surface area (TPSA) is 17.1 Å². The molecule has 2 rings (SSSR count). The summed E-state index contributed by atoms with van der Waals surface area (Å²) in [5.74, 6) is 1.71. The van der Waals surface area contributed by atoms with Crippen LogP contribution in [0.4, 0.5) is 0 Å². The lowest BCUT2D eigenvalue weighted by Crippen LogP contribution is -2.50. The Hall–Kier alpha value is 0.100. The Balaban J connectivity index is 2.42. The quantitative estimate of drug-likeness (QED) is 0.575. The predicted molar refractivity (Wildman–Crippen MR) is 80.7 cm³/mol. The van der Waals surface area contributed by atoms with Gasteiger partial charge in [-0.05, 0) is 28.3 Å². The lowest BCUT2D eigenvalue weighted by molar-refractivity contribution is -0.125. The summed E-state index contributed by atoms with van der Waals surface area (Å²) >= 11 is 0. The highest BCUT2D eigenvalue weighted by molar-refractivity contribution is 7.61. The number of rotatable bonds is 0. The summed E-state index contributed by atoms with van der Waals surface area (Å²) in [6.45, 7) is 14.3. The first-order chi connectivity index (χ1) is 8.14. The van der Waals surface area contributed by atoms with Crippen LogP contribution in [-0.2, 0) is 4.79 Å². The smallest absolute Gasteiger partial charge is 0.137 e. The fraction of sp³-hybridized carbons (Fsp3) is 0.938. The van der Waals surface area contributed by atoms with E-state index in [4.69, 9.17) is 0 Å². The summed E-state index contributed by atoms with van der Waals surface area (Å²) < 4.78 is 0. The van der Waals surface area contributed by atoms with E-state index in [-0.39, 0.29) is 13.1 Å². The predicted octanol–water partition coefficient (Wildman–Crippen LogP) is 4.82. The second kappa shape index (κ2) is 4.58. The molecule has 2 heteroatoms. The Morgan fingerprint density at radius 2 is 1.83 bits per heavy atom. The summed E-state index contributed by atoms with van der Waals surface area (Å²) in [4.78, 5) is 12.5. The van der Waals surface area contributed by atoms with Crippen molar-refractivity contribution in [1.29, 1.82) is 0 Å². The Morgan fingerprint density at radius 1 is 1.22 bits per heavy atom. The highest BCUT2D eigenvalue weighted by Gasteiger charge is 2.53. The number of ketones is 1. The molecule has 0 radical (unpaired) electrons. The van der Waals surface area contributed by atoms with Gasteiger partial charge in [0.15, 0.2) is 0 Å². The zero-order valence-corrected chi connectivity index (χ0v) is 13.8. The molecule has 0 amide bonds. The van der Waals surface area contributed by atoms with Crippen LogP contribution in [-0.4, -0.2) is 21.8 Å². The van der Waals surface area contributed by atoms with E-state index in [1.807, 2.05) is 0 Å². The molecular weight excluding hydrogens is 239 g/mol. The molecule has 0 N–H and O–H groups in total. The largest absolute Gasteiger partial charge is 0.299 e. The Bertz CT molecular complexity index is 339. The number of carbonyl (C=O) groups excluding carboxylic acids is 1. The maximum Gasteiger partial charge on any atom is 0.137 e. The molecule has 0 aromatic carbocycles. The molecule has 4 unspecified atom stereocenters. The van der Waals surface area contributed by atoms with E-state index in [1.54, 1.807) is 0 Å². The van der Waals surface area contributed by atoms with Gasteiger partial charge in [-0.2, -0.15) is 0 Å². The second-order valence-electron chi connectivity index (χ2n) is 8.00. The molecule has 2 fully saturated rings. The summed E-state index contributed by atoms with van der Waals surface area (Å²) in [5.41, 5.74) is 0.685. The van der Waals surface area contributed by atoms with E-state index >= 15 is 0 Å². The SMILES string of the molecule is CC1CCCC2C(=O)CC(C)(C)P(C(C)(C)C)C12. The van der Waals surface area contributed by atoms with Crippen molar-refractivity contribution in [2.24, 2.45) is 11.8 Å². The van der Waals surface area contributed by atoms with E-state index in [2.05, 4.69) is 41.5 Å². The number of hydrogen-bond donors (Lipinski definition) is 0. The average molecular weight is 268 g/mol. The van der Waals surface area contributed by atoms with Crippen molar-refractivity contribution >= 4 is 13.7 Å². The molecule has 1 saturated heterocycles. The lowest BCUT2D eigenvalue weighted by Gasteiger charge is -2.56. The van der Waals surface area contributed by atoms with Gasteiger partial charge in [0.2, 0.25) is 0 Å². The van der Waals surface area contributed by atoms with Gasteiger partial charge in [-0.1, -0.05) is 62.3 Å². The number of fused-ring (bicyclic) bond motifs is 1. The van der Waals surface area contributed by atoms with Gasteiger partial charge < -0.3 is 0 Å². The third-order valence-electron chi connectivity index (χ3n) is 4.86. The van der Waals surface area contributed by atoms with Crippen LogP contribution in [0, 0.1) is 11.8 Å². The van der Waals surface area contributed by atoms with E-state index < -0.39 is 0 Å². The number of carbonyl (C=O) groups is 1. The highest BCUT2D eigenvalue weighted by atomic mass is 31.1. The van der Waals surface area contributed by atoms with E-state index in [0.717, 1.165) is 12.3 Å². The van der Waals surface area contributed by atoms with Gasteiger partial charge in [-0.25, -0.2) is 0 Å². The summed E-state index contributed by atoms with van der Waals surface area (Å²) in [6.07, 6.45) is 4.59. The molecule has 18 heavy (non-hydrogen) atoms. The van der Waals surface area contributed by atoms with Gasteiger partial charge >= 0.3 is 0 Å². The fourth-order valence-electron chi connectivity index (χ4n) is 4.59. The maximum absolute atomic E-state index is 12.5. The Morgan fingerprint density at radius 3 is 2.39 bits per heavy atom. The molecule has 1 heterocycles. The normalized spacial score (nSPS) is 40.4. The summed E-state index contributed by atoms with van der Waals surface area (Å²) in [7, 11) is -0.100. The Kier molecular flexibility index (Phi) is 3.69. The summed E-state index contributed by atoms with van der Waals surface area (Å²) in [6, 6.07) is 0. The monoisotopic (exact) mass is 268 g/mol. The van der Waals surface area contributed by atoms with Crippen molar-refractivity contribution in [2.45, 2.75) is 83.2 Å². The molecule has 4 atom stereocenters. The molecule has 0 aromatic heterocycles. The van der Waals surface area contributed by atoms with Crippen molar-refractivity contribution in [1.82, 2.24) is 0 Å². The zero-order valence-electron chi connectivity index (χ0n) is 12.9. The van der Waals surface area contributed by atoms with Crippen molar-refractivity contribution < 1.29 is 4.79 Å². The van der Waals surface area contributed by atoms with E-state index in [0.29, 0.717) is 22.5 Å². The van der Waals surface area contributed by atoms with E-state index in [9.17, 15) is 4.79 Å². The number of Topliss-reactive ketones (excluding diaryl/α,β-unsaturated/α-hetero) is 1. The molecule has 1 aliphatic heterocycles. The van der Waals surface area contributed by atoms with Crippen LogP contribution < -0.4 is 0 Å². The van der Waals surface area contributed by atoms with Crippen LogP contribution in [0.25, 0.3) is 0 Å². The minimum atomic E-state index is -0.100. The van der Waals surface area contributed by atoms with Crippen LogP contribution in [0.2, 0.25) is 0 Å². The summed E-state index contributed by atoms with van der Waals surface area (Å²) in [5, 5.41) is 0.603. The third-order valence-corrected chi connectivity index (χ3v) is 9.24. The van der Waals surface area contributed by atoms with Gasteiger partial charge in [0.1, 0.15) is 5.78 Å². The van der Waals surface area contributed by atoms with Crippen molar-refractivity contribution in [3.8, 4) is 0 Å². The van der Waals surface area contributed by atoms with Crippen LogP contribution in [0.15, 0.2) is 0 Å². The van der Waals surface area contributed by atoms with Gasteiger partial charge in [0, 0.05) is 12.3 Å². The van der Waals surface area contributed by atoms with Crippen molar-refractivity contribution in [3.63, 3.8) is 0 Å². The standard InChI is InChI=1S/C16H29OP/c1-11-8-7-9-12-13(17)10-16(5,6)18(14(11)12)15(2,3)4/h11-12,14H,7-10H2,1-6H3. The molecule has 1 saturated carbocycles. The minimum Gasteiger partial charge on any atom is -0.299 e. The third kappa shape index (κ3) is 2.40. The molecule has 1 aliphatic carbocycles. The first kappa shape index (κ1) is 14.5. The minimum absolute atomic E-state index is 0.100. The second-order valence-corrected chi connectivity index (χ2v) is 11.9. The van der Waals surface area contributed by atoms with Crippen LogP contribution >= 0.6 is 7.92 Å². The molecule has 0 bridgehead atoms. The molecule has 104 valence electrons. The first-order valence-corrected chi connectivity index (χ1v) is 8.88. The Labute approximate surface area is 114 Å². The van der Waals surface area contributed by atoms with Crippen LogP contribution in [0.3, 0.4) is 0 Å². The van der Waals surface area contributed by atoms with Crippen LogP contribution in [0.5, 0.6) is 0 Å². The average Bonchev–Trinajstić information content (AvgIpc) is 2.16. The van der Waals surface area contributed by atoms with Crippen molar-refractivity contribution in [2.75, 3.05) is 0 Å².